The summed E-state index contributed by atoms with van der Waals surface area (Å²) in [5, 5.41) is 3.44. The van der Waals surface area contributed by atoms with Crippen molar-refractivity contribution in [3.63, 3.8) is 0 Å². The Labute approximate surface area is 103 Å². The third kappa shape index (κ3) is 2.34. The maximum atomic E-state index is 4.84. The first-order valence-electron chi connectivity index (χ1n) is 6.83. The van der Waals surface area contributed by atoms with Crippen LogP contribution in [0.4, 0.5) is 0 Å². The molecular weight excluding hydrogens is 210 g/mol. The molecule has 0 bridgehead atoms. The molecule has 3 rings (SSSR count). The molecule has 3 heteroatoms. The molecule has 17 heavy (non-hydrogen) atoms. The van der Waals surface area contributed by atoms with Crippen LogP contribution in [0.2, 0.25) is 0 Å². The Morgan fingerprint density at radius 3 is 2.82 bits per heavy atom. The van der Waals surface area contributed by atoms with Crippen molar-refractivity contribution < 1.29 is 0 Å². The normalized spacial score (nSPS) is 19.5. The standard InChI is InChI=1S/C14H21N3/c1-9(2)7-13-16-12-5-6-15-8-11(12)14(17-13)10-3-4-10/h9-10,15H,3-8H2,1-2H3. The smallest absolute Gasteiger partial charge is 0.129 e. The Bertz CT molecular complexity index is 422. The molecule has 1 aromatic rings. The second-order valence-corrected chi connectivity index (χ2v) is 5.75. The average Bonchev–Trinajstić information content (AvgIpc) is 3.11. The van der Waals surface area contributed by atoms with Gasteiger partial charge in [-0.05, 0) is 18.8 Å². The van der Waals surface area contributed by atoms with E-state index in [1.165, 1.54) is 29.8 Å². The zero-order valence-electron chi connectivity index (χ0n) is 10.8. The number of hydrogen-bond acceptors (Lipinski definition) is 3. The van der Waals surface area contributed by atoms with Crippen molar-refractivity contribution >= 4 is 0 Å². The molecule has 1 aliphatic heterocycles. The molecule has 0 aromatic carbocycles. The fraction of sp³-hybridized carbons (Fsp3) is 0.714. The first kappa shape index (κ1) is 11.1. The fourth-order valence-corrected chi connectivity index (χ4v) is 2.57. The van der Waals surface area contributed by atoms with Crippen LogP contribution in [-0.2, 0) is 19.4 Å². The SMILES string of the molecule is CC(C)Cc1nc2c(c(C3CC3)n1)CNCC2. The van der Waals surface area contributed by atoms with Gasteiger partial charge in [0.15, 0.2) is 0 Å². The summed E-state index contributed by atoms with van der Waals surface area (Å²) in [7, 11) is 0. The quantitative estimate of drug-likeness (QED) is 0.866. The highest BCUT2D eigenvalue weighted by molar-refractivity contribution is 5.33. The van der Waals surface area contributed by atoms with Crippen LogP contribution in [0.25, 0.3) is 0 Å². The van der Waals surface area contributed by atoms with E-state index in [1.54, 1.807) is 0 Å². The van der Waals surface area contributed by atoms with E-state index >= 15 is 0 Å². The molecule has 92 valence electrons. The Balaban J connectivity index is 1.99. The highest BCUT2D eigenvalue weighted by atomic mass is 15.0. The molecular formula is C14H21N3. The highest BCUT2D eigenvalue weighted by Gasteiger charge is 2.30. The summed E-state index contributed by atoms with van der Waals surface area (Å²) in [5.74, 6) is 2.45. The lowest BCUT2D eigenvalue weighted by molar-refractivity contribution is 0.582. The van der Waals surface area contributed by atoms with Gasteiger partial charge in [-0.3, -0.25) is 0 Å². The number of rotatable bonds is 3. The van der Waals surface area contributed by atoms with E-state index < -0.39 is 0 Å². The maximum Gasteiger partial charge on any atom is 0.129 e. The van der Waals surface area contributed by atoms with Gasteiger partial charge in [-0.25, -0.2) is 9.97 Å². The third-order valence-corrected chi connectivity index (χ3v) is 3.57. The molecule has 1 N–H and O–H groups in total. The molecule has 0 atom stereocenters. The predicted molar refractivity (Wildman–Crippen MR) is 68.0 cm³/mol. The summed E-state index contributed by atoms with van der Waals surface area (Å²) >= 11 is 0. The predicted octanol–water partition coefficient (Wildman–Crippen LogP) is 2.20. The van der Waals surface area contributed by atoms with Gasteiger partial charge in [0.25, 0.3) is 0 Å². The van der Waals surface area contributed by atoms with Crippen LogP contribution in [0.3, 0.4) is 0 Å². The molecule has 2 aliphatic rings. The second-order valence-electron chi connectivity index (χ2n) is 5.75. The molecule has 1 aromatic heterocycles. The van der Waals surface area contributed by atoms with Gasteiger partial charge < -0.3 is 5.32 Å². The van der Waals surface area contributed by atoms with Crippen molar-refractivity contribution in [3.8, 4) is 0 Å². The molecule has 0 unspecified atom stereocenters. The summed E-state index contributed by atoms with van der Waals surface area (Å²) in [6.07, 6.45) is 4.73. The fourth-order valence-electron chi connectivity index (χ4n) is 2.57. The van der Waals surface area contributed by atoms with E-state index in [0.29, 0.717) is 5.92 Å². The molecule has 1 fully saturated rings. The van der Waals surface area contributed by atoms with Crippen molar-refractivity contribution in [2.75, 3.05) is 6.54 Å². The van der Waals surface area contributed by atoms with Crippen LogP contribution in [-0.4, -0.2) is 16.5 Å². The number of hydrogen-bond donors (Lipinski definition) is 1. The first-order chi connectivity index (χ1) is 8.24. The van der Waals surface area contributed by atoms with Gasteiger partial charge in [0, 0.05) is 37.4 Å². The Hall–Kier alpha value is -0.960. The van der Waals surface area contributed by atoms with E-state index in [2.05, 4.69) is 19.2 Å². The van der Waals surface area contributed by atoms with Crippen molar-refractivity contribution in [2.45, 2.75) is 52.0 Å². The van der Waals surface area contributed by atoms with Crippen molar-refractivity contribution in [3.05, 3.63) is 22.8 Å². The summed E-state index contributed by atoms with van der Waals surface area (Å²) in [6.45, 7) is 6.51. The van der Waals surface area contributed by atoms with Gasteiger partial charge in [-0.15, -0.1) is 0 Å². The van der Waals surface area contributed by atoms with E-state index in [4.69, 9.17) is 9.97 Å². The molecule has 0 saturated heterocycles. The van der Waals surface area contributed by atoms with Crippen molar-refractivity contribution in [2.24, 2.45) is 5.92 Å². The Morgan fingerprint density at radius 2 is 2.12 bits per heavy atom. The van der Waals surface area contributed by atoms with Crippen LogP contribution >= 0.6 is 0 Å². The van der Waals surface area contributed by atoms with Gasteiger partial charge in [0.2, 0.25) is 0 Å². The minimum atomic E-state index is 0.641. The zero-order valence-corrected chi connectivity index (χ0v) is 10.8. The molecule has 0 spiro atoms. The number of nitrogens with zero attached hydrogens (tertiary/aromatic N) is 2. The molecule has 3 nitrogen and oxygen atoms in total. The highest BCUT2D eigenvalue weighted by Crippen LogP contribution is 2.41. The lowest BCUT2D eigenvalue weighted by Gasteiger charge is -2.20. The van der Waals surface area contributed by atoms with Crippen molar-refractivity contribution in [1.29, 1.82) is 0 Å². The third-order valence-electron chi connectivity index (χ3n) is 3.57. The van der Waals surface area contributed by atoms with Gasteiger partial charge in [-0.1, -0.05) is 13.8 Å². The molecule has 1 aliphatic carbocycles. The Morgan fingerprint density at radius 1 is 1.29 bits per heavy atom. The van der Waals surface area contributed by atoms with Gasteiger partial charge in [0.1, 0.15) is 5.82 Å². The number of fused-ring (bicyclic) bond motifs is 1. The van der Waals surface area contributed by atoms with Crippen LogP contribution < -0.4 is 5.32 Å². The van der Waals surface area contributed by atoms with E-state index in [1.807, 2.05) is 0 Å². The van der Waals surface area contributed by atoms with Crippen LogP contribution in [0, 0.1) is 5.92 Å². The summed E-state index contributed by atoms with van der Waals surface area (Å²) in [5.41, 5.74) is 4.08. The minimum absolute atomic E-state index is 0.641. The maximum absolute atomic E-state index is 4.84. The second kappa shape index (κ2) is 4.37. The molecule has 0 radical (unpaired) electrons. The topological polar surface area (TPSA) is 37.8 Å². The number of nitrogens with one attached hydrogen (secondary N) is 1. The van der Waals surface area contributed by atoms with Gasteiger partial charge >= 0.3 is 0 Å². The summed E-state index contributed by atoms with van der Waals surface area (Å²) in [6, 6.07) is 0. The Kier molecular flexibility index (Phi) is 2.87. The monoisotopic (exact) mass is 231 g/mol. The molecule has 0 amide bonds. The van der Waals surface area contributed by atoms with E-state index in [9.17, 15) is 0 Å². The lowest BCUT2D eigenvalue weighted by Crippen LogP contribution is -2.27. The summed E-state index contributed by atoms with van der Waals surface area (Å²) in [4.78, 5) is 9.61. The molecule has 2 heterocycles. The average molecular weight is 231 g/mol. The van der Waals surface area contributed by atoms with Crippen molar-refractivity contribution in [1.82, 2.24) is 15.3 Å². The van der Waals surface area contributed by atoms with Gasteiger partial charge in [0.05, 0.1) is 11.4 Å². The summed E-state index contributed by atoms with van der Waals surface area (Å²) < 4.78 is 0. The minimum Gasteiger partial charge on any atom is -0.312 e. The van der Waals surface area contributed by atoms with E-state index in [-0.39, 0.29) is 0 Å². The zero-order chi connectivity index (χ0) is 11.8. The van der Waals surface area contributed by atoms with Gasteiger partial charge in [-0.2, -0.15) is 0 Å². The first-order valence-corrected chi connectivity index (χ1v) is 6.83. The van der Waals surface area contributed by atoms with Crippen LogP contribution in [0.1, 0.15) is 55.4 Å². The van der Waals surface area contributed by atoms with Crippen LogP contribution in [0.5, 0.6) is 0 Å². The molecule has 1 saturated carbocycles. The van der Waals surface area contributed by atoms with E-state index in [0.717, 1.165) is 37.7 Å². The van der Waals surface area contributed by atoms with Crippen LogP contribution in [0.15, 0.2) is 0 Å². The number of aromatic nitrogens is 2. The largest absolute Gasteiger partial charge is 0.312 e. The lowest BCUT2D eigenvalue weighted by atomic mass is 10.0.